The summed E-state index contributed by atoms with van der Waals surface area (Å²) in [4.78, 5) is 15.5. The van der Waals surface area contributed by atoms with Gasteiger partial charge in [0.25, 0.3) is 0 Å². The third kappa shape index (κ3) is 5.72. The summed E-state index contributed by atoms with van der Waals surface area (Å²) in [6, 6.07) is 5.09. The van der Waals surface area contributed by atoms with E-state index in [0.29, 0.717) is 5.69 Å². The summed E-state index contributed by atoms with van der Waals surface area (Å²) < 4.78 is 56.5. The number of aliphatic hydroxyl groups is 1. The molecule has 1 heterocycles. The van der Waals surface area contributed by atoms with Crippen LogP contribution in [0.5, 0.6) is 0 Å². The van der Waals surface area contributed by atoms with Gasteiger partial charge in [0.05, 0.1) is 17.1 Å². The number of carbonyl (C=O) groups excluding carboxylic acids is 1. The molecule has 0 atom stereocenters. The predicted molar refractivity (Wildman–Crippen MR) is 109 cm³/mol. The number of hydrogen-bond acceptors (Lipinski definition) is 6. The molecule has 0 saturated carbocycles. The second-order valence-electron chi connectivity index (χ2n) is 7.92. The van der Waals surface area contributed by atoms with Gasteiger partial charge < -0.3 is 21.3 Å². The Kier molecular flexibility index (Phi) is 6.37. The molecule has 0 bridgehead atoms. The zero-order chi connectivity index (χ0) is 23.8. The Labute approximate surface area is 176 Å². The molecule has 0 spiro atoms. The van der Waals surface area contributed by atoms with Gasteiger partial charge in [0.15, 0.2) is 0 Å². The SMILES string of the molecule is CC(C)(O)c1nc(/C=C/c2cc(F)cc(C(C)(C)OC(=O)C(F)(F)F)c2N)ccc1N. The first kappa shape index (κ1) is 24.1. The van der Waals surface area contributed by atoms with E-state index in [1.165, 1.54) is 39.8 Å². The molecule has 0 aliphatic carbocycles. The Balaban J connectivity index is 2.45. The van der Waals surface area contributed by atoms with Crippen molar-refractivity contribution in [3.63, 3.8) is 0 Å². The molecule has 0 radical (unpaired) electrons. The summed E-state index contributed by atoms with van der Waals surface area (Å²) in [6.45, 7) is 5.37. The van der Waals surface area contributed by atoms with Crippen LogP contribution in [-0.4, -0.2) is 22.2 Å². The minimum absolute atomic E-state index is 0.0734. The minimum Gasteiger partial charge on any atom is -0.448 e. The van der Waals surface area contributed by atoms with Crippen molar-refractivity contribution in [3.8, 4) is 0 Å². The van der Waals surface area contributed by atoms with Crippen molar-refractivity contribution < 1.29 is 32.2 Å². The van der Waals surface area contributed by atoms with Gasteiger partial charge in [-0.1, -0.05) is 6.08 Å². The van der Waals surface area contributed by atoms with Crippen molar-refractivity contribution in [2.45, 2.75) is 45.1 Å². The Morgan fingerprint density at radius 3 is 2.26 bits per heavy atom. The fourth-order valence-electron chi connectivity index (χ4n) is 2.86. The first-order chi connectivity index (χ1) is 14.0. The van der Waals surface area contributed by atoms with Crippen molar-refractivity contribution in [3.05, 3.63) is 52.6 Å². The minimum atomic E-state index is -5.21. The normalized spacial score (nSPS) is 12.9. The highest BCUT2D eigenvalue weighted by Crippen LogP contribution is 2.35. The third-order valence-electron chi connectivity index (χ3n) is 4.37. The van der Waals surface area contributed by atoms with Crippen molar-refractivity contribution in [2.24, 2.45) is 0 Å². The van der Waals surface area contributed by atoms with Gasteiger partial charge >= 0.3 is 12.1 Å². The lowest BCUT2D eigenvalue weighted by molar-refractivity contribution is -0.212. The van der Waals surface area contributed by atoms with Gasteiger partial charge in [-0.25, -0.2) is 14.2 Å². The highest BCUT2D eigenvalue weighted by Gasteiger charge is 2.44. The van der Waals surface area contributed by atoms with Gasteiger partial charge in [0.2, 0.25) is 0 Å². The number of ether oxygens (including phenoxy) is 1. The smallest absolute Gasteiger partial charge is 0.448 e. The Morgan fingerprint density at radius 1 is 1.10 bits per heavy atom. The summed E-state index contributed by atoms with van der Waals surface area (Å²) in [6.07, 6.45) is -2.34. The van der Waals surface area contributed by atoms with E-state index in [1.807, 2.05) is 0 Å². The van der Waals surface area contributed by atoms with Crippen LogP contribution >= 0.6 is 0 Å². The van der Waals surface area contributed by atoms with Crippen LogP contribution in [0, 0.1) is 5.82 Å². The molecule has 168 valence electrons. The van der Waals surface area contributed by atoms with Crippen molar-refractivity contribution in [1.29, 1.82) is 0 Å². The second-order valence-corrected chi connectivity index (χ2v) is 7.92. The summed E-state index contributed by atoms with van der Waals surface area (Å²) in [5.41, 5.74) is 9.54. The predicted octanol–water partition coefficient (Wildman–Crippen LogP) is 4.12. The van der Waals surface area contributed by atoms with E-state index < -0.39 is 29.2 Å². The number of rotatable bonds is 5. The van der Waals surface area contributed by atoms with Crippen LogP contribution in [0.3, 0.4) is 0 Å². The number of nitrogens with zero attached hydrogens (tertiary/aromatic N) is 1. The van der Waals surface area contributed by atoms with E-state index in [0.717, 1.165) is 12.1 Å². The molecule has 0 amide bonds. The monoisotopic (exact) mass is 441 g/mol. The van der Waals surface area contributed by atoms with Gasteiger partial charge in [-0.15, -0.1) is 0 Å². The number of benzene rings is 1. The van der Waals surface area contributed by atoms with Gasteiger partial charge in [0.1, 0.15) is 17.0 Å². The molecular weight excluding hydrogens is 418 g/mol. The molecule has 0 aliphatic rings. The average Bonchev–Trinajstić information content (AvgIpc) is 2.61. The van der Waals surface area contributed by atoms with Crippen LogP contribution in [0.25, 0.3) is 12.2 Å². The van der Waals surface area contributed by atoms with Crippen LogP contribution < -0.4 is 11.5 Å². The first-order valence-electron chi connectivity index (χ1n) is 9.09. The quantitative estimate of drug-likeness (QED) is 0.366. The Bertz CT molecular complexity index is 1030. The number of hydrogen-bond donors (Lipinski definition) is 3. The molecule has 1 aromatic carbocycles. The molecule has 2 rings (SSSR count). The second kappa shape index (κ2) is 8.18. The fraction of sp³-hybridized carbons (Fsp3) is 0.333. The lowest BCUT2D eigenvalue weighted by Gasteiger charge is -2.28. The average molecular weight is 441 g/mol. The standard InChI is InChI=1S/C21H23F4N3O3/c1-19(2,30)17-15(26)8-7-13(28-17)6-5-11-9-12(22)10-14(16(11)27)20(3,4)31-18(29)21(23,24)25/h5-10,30H,26-27H2,1-4H3/b6-5+. The lowest BCUT2D eigenvalue weighted by atomic mass is 9.93. The molecule has 5 N–H and O–H groups in total. The molecule has 0 unspecified atom stereocenters. The maximum Gasteiger partial charge on any atom is 0.490 e. The zero-order valence-electron chi connectivity index (χ0n) is 17.3. The Morgan fingerprint density at radius 2 is 1.71 bits per heavy atom. The van der Waals surface area contributed by atoms with Gasteiger partial charge in [-0.2, -0.15) is 13.2 Å². The van der Waals surface area contributed by atoms with Crippen molar-refractivity contribution in [2.75, 3.05) is 11.5 Å². The number of alkyl halides is 3. The molecule has 0 saturated heterocycles. The number of pyridine rings is 1. The van der Waals surface area contributed by atoms with Crippen LogP contribution in [0.4, 0.5) is 28.9 Å². The van der Waals surface area contributed by atoms with Gasteiger partial charge in [0, 0.05) is 16.8 Å². The molecule has 31 heavy (non-hydrogen) atoms. The largest absolute Gasteiger partial charge is 0.490 e. The number of halogens is 4. The number of esters is 1. The maximum absolute atomic E-state index is 14.2. The lowest BCUT2D eigenvalue weighted by Crippen LogP contribution is -2.34. The van der Waals surface area contributed by atoms with E-state index in [4.69, 9.17) is 11.5 Å². The zero-order valence-corrected chi connectivity index (χ0v) is 17.3. The van der Waals surface area contributed by atoms with E-state index in [1.54, 1.807) is 12.1 Å². The fourth-order valence-corrected chi connectivity index (χ4v) is 2.86. The number of anilines is 2. The van der Waals surface area contributed by atoms with E-state index in [-0.39, 0.29) is 28.2 Å². The van der Waals surface area contributed by atoms with Crippen LogP contribution in [0.15, 0.2) is 24.3 Å². The number of carbonyl (C=O) groups is 1. The molecule has 1 aromatic heterocycles. The first-order valence-corrected chi connectivity index (χ1v) is 9.09. The highest BCUT2D eigenvalue weighted by molar-refractivity contribution is 5.79. The number of nitrogens with two attached hydrogens (primary N) is 2. The molecule has 0 aliphatic heterocycles. The summed E-state index contributed by atoms with van der Waals surface area (Å²) in [5, 5.41) is 10.2. The van der Waals surface area contributed by atoms with Crippen molar-refractivity contribution >= 4 is 29.5 Å². The molecule has 10 heteroatoms. The van der Waals surface area contributed by atoms with Crippen molar-refractivity contribution in [1.82, 2.24) is 4.98 Å². The van der Waals surface area contributed by atoms with E-state index in [9.17, 15) is 27.5 Å². The van der Waals surface area contributed by atoms with E-state index in [2.05, 4.69) is 9.72 Å². The maximum atomic E-state index is 14.2. The van der Waals surface area contributed by atoms with Gasteiger partial charge in [-0.05, 0) is 58.0 Å². The van der Waals surface area contributed by atoms with Gasteiger partial charge in [-0.3, -0.25) is 0 Å². The summed E-state index contributed by atoms with van der Waals surface area (Å²) in [7, 11) is 0. The topological polar surface area (TPSA) is 111 Å². The molecule has 6 nitrogen and oxygen atoms in total. The van der Waals surface area contributed by atoms with E-state index >= 15 is 0 Å². The van der Waals surface area contributed by atoms with Crippen LogP contribution in [-0.2, 0) is 20.7 Å². The number of nitrogen functional groups attached to an aromatic ring is 2. The highest BCUT2D eigenvalue weighted by atomic mass is 19.4. The summed E-state index contributed by atoms with van der Waals surface area (Å²) >= 11 is 0. The summed E-state index contributed by atoms with van der Waals surface area (Å²) in [5.74, 6) is -3.20. The number of aromatic nitrogens is 1. The Hall–Kier alpha value is -3.14. The molecular formula is C21H23F4N3O3. The van der Waals surface area contributed by atoms with Crippen LogP contribution in [0.2, 0.25) is 0 Å². The van der Waals surface area contributed by atoms with Crippen LogP contribution in [0.1, 0.15) is 50.2 Å². The molecule has 2 aromatic rings. The molecule has 0 fully saturated rings. The third-order valence-corrected chi connectivity index (χ3v) is 4.37.